The van der Waals surface area contributed by atoms with Crippen molar-refractivity contribution in [2.24, 2.45) is 5.73 Å². The third kappa shape index (κ3) is 3.94. The van der Waals surface area contributed by atoms with Gasteiger partial charge >= 0.3 is 11.9 Å². The van der Waals surface area contributed by atoms with E-state index in [0.717, 1.165) is 4.90 Å². The number of hydrogen-bond donors (Lipinski definition) is 5. The molecule has 0 spiro atoms. The number of aliphatic hydroxyl groups is 1. The molecule has 3 atom stereocenters. The standard InChI is InChI=1S/C14H19N3O7S/c15-7(13(21)22)2-1-3-8(19)16-9-11(20)17-10(14(23)24)6(4-18)5-25-12(9)17/h7,9,12,18H,1-5,15H2,(H,16,19)(H,21,22)(H,23,24). The van der Waals surface area contributed by atoms with E-state index < -0.39 is 47.8 Å². The van der Waals surface area contributed by atoms with Crippen molar-refractivity contribution in [3.05, 3.63) is 11.3 Å². The van der Waals surface area contributed by atoms with Gasteiger partial charge in [0.2, 0.25) is 5.91 Å². The first-order valence-electron chi connectivity index (χ1n) is 7.56. The topological polar surface area (TPSA) is 170 Å². The maximum Gasteiger partial charge on any atom is 0.352 e. The summed E-state index contributed by atoms with van der Waals surface area (Å²) in [5.74, 6) is -3.15. The zero-order valence-electron chi connectivity index (χ0n) is 13.2. The Morgan fingerprint density at radius 3 is 2.60 bits per heavy atom. The molecule has 0 aliphatic carbocycles. The maximum absolute atomic E-state index is 12.2. The van der Waals surface area contributed by atoms with E-state index in [4.69, 9.17) is 10.8 Å². The van der Waals surface area contributed by atoms with E-state index in [2.05, 4.69) is 5.32 Å². The molecule has 138 valence electrons. The normalized spacial score (nSPS) is 23.6. The minimum atomic E-state index is -1.30. The molecule has 0 bridgehead atoms. The van der Waals surface area contributed by atoms with E-state index in [1.165, 1.54) is 11.8 Å². The zero-order chi connectivity index (χ0) is 18.7. The number of nitrogens with zero attached hydrogens (tertiary/aromatic N) is 1. The molecule has 6 N–H and O–H groups in total. The Kier molecular flexibility index (Phi) is 6.03. The van der Waals surface area contributed by atoms with Crippen molar-refractivity contribution in [3.63, 3.8) is 0 Å². The van der Waals surface area contributed by atoms with E-state index in [9.17, 15) is 29.4 Å². The van der Waals surface area contributed by atoms with Gasteiger partial charge in [-0.25, -0.2) is 4.79 Å². The highest BCUT2D eigenvalue weighted by Crippen LogP contribution is 2.40. The average molecular weight is 373 g/mol. The number of aliphatic hydroxyl groups excluding tert-OH is 1. The number of nitrogens with one attached hydrogen (secondary N) is 1. The molecule has 0 aromatic heterocycles. The van der Waals surface area contributed by atoms with Crippen LogP contribution >= 0.6 is 11.8 Å². The van der Waals surface area contributed by atoms with Crippen molar-refractivity contribution in [1.29, 1.82) is 0 Å². The Morgan fingerprint density at radius 1 is 1.36 bits per heavy atom. The molecule has 3 unspecified atom stereocenters. The molecule has 0 aromatic carbocycles. The number of carboxylic acid groups (broad SMARTS) is 2. The molecule has 1 fully saturated rings. The van der Waals surface area contributed by atoms with E-state index in [1.54, 1.807) is 0 Å². The summed E-state index contributed by atoms with van der Waals surface area (Å²) >= 11 is 1.26. The van der Waals surface area contributed by atoms with Gasteiger partial charge in [0.25, 0.3) is 5.91 Å². The van der Waals surface area contributed by atoms with Gasteiger partial charge in [0.05, 0.1) is 6.61 Å². The van der Waals surface area contributed by atoms with E-state index in [-0.39, 0.29) is 36.3 Å². The van der Waals surface area contributed by atoms with Gasteiger partial charge in [0, 0.05) is 12.2 Å². The summed E-state index contributed by atoms with van der Waals surface area (Å²) in [5.41, 5.74) is 5.38. The van der Waals surface area contributed by atoms with Crippen LogP contribution in [-0.4, -0.2) is 73.8 Å². The van der Waals surface area contributed by atoms with Crippen LogP contribution in [0.4, 0.5) is 0 Å². The summed E-state index contributed by atoms with van der Waals surface area (Å²) in [6.07, 6.45) is 0.416. The van der Waals surface area contributed by atoms with Gasteiger partial charge in [-0.1, -0.05) is 0 Å². The zero-order valence-corrected chi connectivity index (χ0v) is 14.0. The SMILES string of the molecule is NC(CCCC(=O)NC1C(=O)N2C(C(=O)O)=C(CO)CSC12)C(=O)O. The van der Waals surface area contributed by atoms with E-state index in [0.29, 0.717) is 0 Å². The minimum absolute atomic E-state index is 0.0195. The Hall–Kier alpha value is -2.11. The third-order valence-corrected chi connectivity index (χ3v) is 5.33. The molecule has 2 heterocycles. The maximum atomic E-state index is 12.2. The van der Waals surface area contributed by atoms with Gasteiger partial charge in [-0.15, -0.1) is 11.8 Å². The number of rotatable bonds is 8. The molecule has 2 amide bonds. The quantitative estimate of drug-likeness (QED) is 0.311. The Bertz CT molecular complexity index is 636. The molecule has 0 saturated carbocycles. The molecule has 2 rings (SSSR count). The summed E-state index contributed by atoms with van der Waals surface area (Å²) in [6.45, 7) is -0.452. The first-order chi connectivity index (χ1) is 11.8. The van der Waals surface area contributed by atoms with Gasteiger partial charge in [0.15, 0.2) is 0 Å². The number of β-lactam (4-membered cyclic amide) rings is 1. The predicted molar refractivity (Wildman–Crippen MR) is 86.2 cm³/mol. The summed E-state index contributed by atoms with van der Waals surface area (Å²) < 4.78 is 0. The second-order valence-corrected chi connectivity index (χ2v) is 6.81. The molecule has 0 aromatic rings. The number of carbonyl (C=O) groups is 4. The van der Waals surface area contributed by atoms with Crippen LogP contribution in [0.5, 0.6) is 0 Å². The Balaban J connectivity index is 1.91. The monoisotopic (exact) mass is 373 g/mol. The van der Waals surface area contributed by atoms with Crippen LogP contribution in [0.15, 0.2) is 11.3 Å². The summed E-state index contributed by atoms with van der Waals surface area (Å²) in [6, 6.07) is -1.87. The van der Waals surface area contributed by atoms with Crippen molar-refractivity contribution in [1.82, 2.24) is 10.2 Å². The van der Waals surface area contributed by atoms with Gasteiger partial charge in [-0.2, -0.15) is 0 Å². The number of carbonyl (C=O) groups excluding carboxylic acids is 2. The van der Waals surface area contributed by atoms with Crippen LogP contribution in [0, 0.1) is 0 Å². The lowest BCUT2D eigenvalue weighted by atomic mass is 10.0. The second kappa shape index (κ2) is 7.85. The molecule has 25 heavy (non-hydrogen) atoms. The average Bonchev–Trinajstić information content (AvgIpc) is 2.57. The lowest BCUT2D eigenvalue weighted by Crippen LogP contribution is -2.70. The third-order valence-electron chi connectivity index (χ3n) is 3.99. The van der Waals surface area contributed by atoms with Gasteiger partial charge < -0.3 is 26.4 Å². The summed E-state index contributed by atoms with van der Waals surface area (Å²) in [4.78, 5) is 47.1. The first kappa shape index (κ1) is 19.2. The number of carboxylic acids is 2. The minimum Gasteiger partial charge on any atom is -0.480 e. The summed E-state index contributed by atoms with van der Waals surface area (Å²) in [5, 5.41) is 29.1. The highest BCUT2D eigenvalue weighted by molar-refractivity contribution is 8.00. The lowest BCUT2D eigenvalue weighted by molar-refractivity contribution is -0.150. The summed E-state index contributed by atoms with van der Waals surface area (Å²) in [7, 11) is 0. The number of fused-ring (bicyclic) bond motifs is 1. The van der Waals surface area contributed by atoms with Gasteiger partial charge in [-0.05, 0) is 18.4 Å². The number of amides is 2. The Labute approximate surface area is 147 Å². The van der Waals surface area contributed by atoms with Crippen molar-refractivity contribution in [3.8, 4) is 0 Å². The number of aliphatic carboxylic acids is 2. The highest BCUT2D eigenvalue weighted by atomic mass is 32.2. The van der Waals surface area contributed by atoms with Gasteiger partial charge in [-0.3, -0.25) is 19.3 Å². The molecule has 10 nitrogen and oxygen atoms in total. The molecular formula is C14H19N3O7S. The first-order valence-corrected chi connectivity index (χ1v) is 8.61. The van der Waals surface area contributed by atoms with Crippen molar-refractivity contribution in [2.75, 3.05) is 12.4 Å². The molecule has 2 aliphatic rings. The molecule has 2 aliphatic heterocycles. The van der Waals surface area contributed by atoms with Crippen molar-refractivity contribution in [2.45, 2.75) is 36.7 Å². The van der Waals surface area contributed by atoms with E-state index in [1.807, 2.05) is 0 Å². The molecular weight excluding hydrogens is 354 g/mol. The smallest absolute Gasteiger partial charge is 0.352 e. The van der Waals surface area contributed by atoms with Crippen LogP contribution < -0.4 is 11.1 Å². The fraction of sp³-hybridized carbons (Fsp3) is 0.571. The van der Waals surface area contributed by atoms with Gasteiger partial charge in [0.1, 0.15) is 23.2 Å². The number of hydrogen-bond acceptors (Lipinski definition) is 7. The number of thioether (sulfide) groups is 1. The fourth-order valence-electron chi connectivity index (χ4n) is 2.66. The lowest BCUT2D eigenvalue weighted by Gasteiger charge is -2.49. The predicted octanol–water partition coefficient (Wildman–Crippen LogP) is -1.70. The largest absolute Gasteiger partial charge is 0.480 e. The van der Waals surface area contributed by atoms with Crippen LogP contribution in [-0.2, 0) is 19.2 Å². The van der Waals surface area contributed by atoms with Crippen LogP contribution in [0.3, 0.4) is 0 Å². The highest BCUT2D eigenvalue weighted by Gasteiger charge is 2.53. The second-order valence-electron chi connectivity index (χ2n) is 5.71. The van der Waals surface area contributed by atoms with Crippen LogP contribution in [0.2, 0.25) is 0 Å². The van der Waals surface area contributed by atoms with Crippen LogP contribution in [0.25, 0.3) is 0 Å². The number of nitrogens with two attached hydrogens (primary N) is 1. The fourth-order valence-corrected chi connectivity index (χ4v) is 3.99. The van der Waals surface area contributed by atoms with Crippen molar-refractivity contribution >= 4 is 35.5 Å². The van der Waals surface area contributed by atoms with Crippen LogP contribution in [0.1, 0.15) is 19.3 Å². The molecule has 0 radical (unpaired) electrons. The van der Waals surface area contributed by atoms with Crippen molar-refractivity contribution < 1.29 is 34.5 Å². The molecule has 1 saturated heterocycles. The Morgan fingerprint density at radius 2 is 2.04 bits per heavy atom. The molecule has 11 heteroatoms. The van der Waals surface area contributed by atoms with E-state index >= 15 is 0 Å².